The first-order valence-electron chi connectivity index (χ1n) is 7.63. The van der Waals surface area contributed by atoms with Crippen LogP contribution in [0.3, 0.4) is 0 Å². The highest BCUT2D eigenvalue weighted by molar-refractivity contribution is 5.23. The van der Waals surface area contributed by atoms with Crippen LogP contribution in [0, 0.1) is 6.92 Å². The third-order valence-electron chi connectivity index (χ3n) is 4.01. The van der Waals surface area contributed by atoms with Crippen molar-refractivity contribution in [1.29, 1.82) is 0 Å². The maximum absolute atomic E-state index is 4.98. The molecule has 1 aromatic carbocycles. The molecule has 1 fully saturated rings. The van der Waals surface area contributed by atoms with E-state index in [0.29, 0.717) is 17.9 Å². The topological polar surface area (TPSA) is 54.2 Å². The number of benzene rings is 1. The van der Waals surface area contributed by atoms with Crippen LogP contribution in [0.15, 0.2) is 34.9 Å². The largest absolute Gasteiger partial charge is 0.349 e. The van der Waals surface area contributed by atoms with Crippen molar-refractivity contribution in [2.75, 3.05) is 25.0 Å². The summed E-state index contributed by atoms with van der Waals surface area (Å²) in [5, 5.41) is 7.25. The number of nitrogens with one attached hydrogen (secondary N) is 1. The molecule has 0 unspecified atom stereocenters. The summed E-state index contributed by atoms with van der Waals surface area (Å²) in [4.78, 5) is 6.73. The second-order valence-electron chi connectivity index (χ2n) is 5.63. The Balaban J connectivity index is 1.40. The number of hydrogen-bond acceptors (Lipinski definition) is 5. The average Bonchev–Trinajstić information content (AvgIpc) is 2.93. The smallest absolute Gasteiger partial charge is 0.263 e. The van der Waals surface area contributed by atoms with Gasteiger partial charge in [-0.05, 0) is 30.0 Å². The predicted octanol–water partition coefficient (Wildman–Crippen LogP) is 2.50. The van der Waals surface area contributed by atoms with Gasteiger partial charge in [-0.15, -0.1) is 0 Å². The lowest BCUT2D eigenvalue weighted by atomic mass is 10.0. The van der Waals surface area contributed by atoms with Gasteiger partial charge in [0.1, 0.15) is 0 Å². The van der Waals surface area contributed by atoms with E-state index in [-0.39, 0.29) is 0 Å². The third kappa shape index (κ3) is 4.04. The number of rotatable bonds is 5. The quantitative estimate of drug-likeness (QED) is 0.915. The van der Waals surface area contributed by atoms with Crippen molar-refractivity contribution in [3.8, 4) is 0 Å². The molecule has 0 amide bonds. The van der Waals surface area contributed by atoms with E-state index < -0.39 is 0 Å². The van der Waals surface area contributed by atoms with Crippen LogP contribution in [-0.2, 0) is 6.42 Å². The van der Waals surface area contributed by atoms with Crippen molar-refractivity contribution < 1.29 is 4.52 Å². The summed E-state index contributed by atoms with van der Waals surface area (Å²) in [5.74, 6) is 1.23. The summed E-state index contributed by atoms with van der Waals surface area (Å²) in [5.41, 5.74) is 1.42. The number of piperidine rings is 1. The van der Waals surface area contributed by atoms with Crippen molar-refractivity contribution >= 4 is 5.95 Å². The van der Waals surface area contributed by atoms with Gasteiger partial charge in [0, 0.05) is 32.6 Å². The van der Waals surface area contributed by atoms with Crippen LogP contribution in [-0.4, -0.2) is 40.7 Å². The van der Waals surface area contributed by atoms with E-state index in [4.69, 9.17) is 4.52 Å². The first kappa shape index (κ1) is 14.1. The molecule has 1 saturated heterocycles. The summed E-state index contributed by atoms with van der Waals surface area (Å²) in [7, 11) is 0. The highest BCUT2D eigenvalue weighted by Gasteiger charge is 2.20. The number of likely N-dealkylation sites (tertiary alicyclic amines) is 1. The highest BCUT2D eigenvalue weighted by atomic mass is 16.5. The summed E-state index contributed by atoms with van der Waals surface area (Å²) >= 11 is 0. The normalized spacial score (nSPS) is 17.0. The molecule has 5 heteroatoms. The minimum Gasteiger partial charge on any atom is -0.349 e. The molecule has 5 nitrogen and oxygen atoms in total. The van der Waals surface area contributed by atoms with Gasteiger partial charge in [-0.2, -0.15) is 4.98 Å². The Labute approximate surface area is 125 Å². The molecule has 0 aliphatic carbocycles. The van der Waals surface area contributed by atoms with Gasteiger partial charge in [0.25, 0.3) is 5.95 Å². The Morgan fingerprint density at radius 2 is 2.00 bits per heavy atom. The molecule has 0 spiro atoms. The fourth-order valence-corrected chi connectivity index (χ4v) is 2.77. The maximum Gasteiger partial charge on any atom is 0.263 e. The maximum atomic E-state index is 4.98. The second kappa shape index (κ2) is 6.72. The van der Waals surface area contributed by atoms with E-state index in [1.54, 1.807) is 0 Å². The number of nitrogens with zero attached hydrogens (tertiary/aromatic N) is 3. The Morgan fingerprint density at radius 3 is 2.67 bits per heavy atom. The van der Waals surface area contributed by atoms with Crippen LogP contribution in [0.1, 0.15) is 24.3 Å². The van der Waals surface area contributed by atoms with E-state index in [0.717, 1.165) is 38.9 Å². The van der Waals surface area contributed by atoms with E-state index in [9.17, 15) is 0 Å². The SMILES string of the molecule is Cc1nc(NC2CCN(CCc3ccccc3)CC2)no1. The monoisotopic (exact) mass is 286 g/mol. The molecule has 112 valence electrons. The van der Waals surface area contributed by atoms with Gasteiger partial charge < -0.3 is 14.7 Å². The molecule has 0 bridgehead atoms. The zero-order chi connectivity index (χ0) is 14.5. The van der Waals surface area contributed by atoms with Crippen molar-refractivity contribution in [2.24, 2.45) is 0 Å². The molecule has 0 saturated carbocycles. The Bertz CT molecular complexity index is 546. The molecule has 3 rings (SSSR count). The van der Waals surface area contributed by atoms with Crippen molar-refractivity contribution in [3.63, 3.8) is 0 Å². The fourth-order valence-electron chi connectivity index (χ4n) is 2.77. The van der Waals surface area contributed by atoms with Gasteiger partial charge in [0.05, 0.1) is 0 Å². The third-order valence-corrected chi connectivity index (χ3v) is 4.01. The molecule has 0 atom stereocenters. The number of aromatic nitrogens is 2. The number of anilines is 1. The van der Waals surface area contributed by atoms with Gasteiger partial charge in [0.15, 0.2) is 0 Å². The van der Waals surface area contributed by atoms with Crippen molar-refractivity contribution in [1.82, 2.24) is 15.0 Å². The molecular formula is C16H22N4O. The molecule has 2 heterocycles. The van der Waals surface area contributed by atoms with Crippen LogP contribution in [0.25, 0.3) is 0 Å². The summed E-state index contributed by atoms with van der Waals surface area (Å²) in [6.07, 6.45) is 3.38. The molecular weight excluding hydrogens is 264 g/mol. The van der Waals surface area contributed by atoms with Crippen LogP contribution in [0.2, 0.25) is 0 Å². The zero-order valence-electron chi connectivity index (χ0n) is 12.5. The molecule has 1 aliphatic heterocycles. The van der Waals surface area contributed by atoms with E-state index in [1.165, 1.54) is 5.56 Å². The van der Waals surface area contributed by atoms with Gasteiger partial charge >= 0.3 is 0 Å². The lowest BCUT2D eigenvalue weighted by Crippen LogP contribution is -2.40. The van der Waals surface area contributed by atoms with Gasteiger partial charge in [0.2, 0.25) is 5.89 Å². The standard InChI is InChI=1S/C16H22N4O/c1-13-17-16(19-21-13)18-15-8-11-20(12-9-15)10-7-14-5-3-2-4-6-14/h2-6,15H,7-12H2,1H3,(H,18,19). The van der Waals surface area contributed by atoms with Crippen LogP contribution in [0.5, 0.6) is 0 Å². The molecule has 1 aliphatic rings. The van der Waals surface area contributed by atoms with E-state index in [1.807, 2.05) is 6.92 Å². The Morgan fingerprint density at radius 1 is 1.24 bits per heavy atom. The minimum atomic E-state index is 0.454. The van der Waals surface area contributed by atoms with Gasteiger partial charge in [-0.25, -0.2) is 0 Å². The summed E-state index contributed by atoms with van der Waals surface area (Å²) < 4.78 is 4.98. The van der Waals surface area contributed by atoms with Crippen molar-refractivity contribution in [3.05, 3.63) is 41.8 Å². The molecule has 21 heavy (non-hydrogen) atoms. The van der Waals surface area contributed by atoms with Crippen LogP contribution in [0.4, 0.5) is 5.95 Å². The minimum absolute atomic E-state index is 0.454. The molecule has 2 aromatic rings. The molecule has 1 N–H and O–H groups in total. The lowest BCUT2D eigenvalue weighted by Gasteiger charge is -2.32. The van der Waals surface area contributed by atoms with Gasteiger partial charge in [-0.3, -0.25) is 0 Å². The zero-order valence-corrected chi connectivity index (χ0v) is 12.5. The number of hydrogen-bond donors (Lipinski definition) is 1. The van der Waals surface area contributed by atoms with E-state index >= 15 is 0 Å². The lowest BCUT2D eigenvalue weighted by molar-refractivity contribution is 0.221. The first-order valence-corrected chi connectivity index (χ1v) is 7.63. The Hall–Kier alpha value is -1.88. The molecule has 0 radical (unpaired) electrons. The van der Waals surface area contributed by atoms with E-state index in [2.05, 4.69) is 50.7 Å². The van der Waals surface area contributed by atoms with Gasteiger partial charge in [-0.1, -0.05) is 30.3 Å². The summed E-state index contributed by atoms with van der Waals surface area (Å²) in [6.45, 7) is 5.20. The second-order valence-corrected chi connectivity index (χ2v) is 5.63. The first-order chi connectivity index (χ1) is 10.3. The van der Waals surface area contributed by atoms with Crippen LogP contribution < -0.4 is 5.32 Å². The van der Waals surface area contributed by atoms with Crippen molar-refractivity contribution in [2.45, 2.75) is 32.2 Å². The number of aryl methyl sites for hydroxylation is 1. The predicted molar refractivity (Wildman–Crippen MR) is 82.3 cm³/mol. The van der Waals surface area contributed by atoms with Crippen LogP contribution >= 0.6 is 0 Å². The average molecular weight is 286 g/mol. The Kier molecular flexibility index (Phi) is 4.50. The summed E-state index contributed by atoms with van der Waals surface area (Å²) in [6, 6.07) is 11.1. The molecule has 1 aromatic heterocycles. The fraction of sp³-hybridized carbons (Fsp3) is 0.500. The highest BCUT2D eigenvalue weighted by Crippen LogP contribution is 2.15.